The number of hydrogen-bond donors (Lipinski definition) is 3. The zero-order valence-electron chi connectivity index (χ0n) is 11.8. The predicted octanol–water partition coefficient (Wildman–Crippen LogP) is 3.55. The molecule has 0 atom stereocenters. The van der Waals surface area contributed by atoms with Crippen LogP contribution >= 0.6 is 22.6 Å². The van der Waals surface area contributed by atoms with Crippen LogP contribution in [0, 0.1) is 8.99 Å². The Balaban J connectivity index is 2.74. The lowest BCUT2D eigenvalue weighted by Gasteiger charge is -2.23. The summed E-state index contributed by atoms with van der Waals surface area (Å²) in [6, 6.07) is 4.47. The molecule has 1 aromatic carbocycles. The minimum atomic E-state index is -1.06. The maximum absolute atomic E-state index is 11.8. The first-order chi connectivity index (χ1) is 9.25. The molecule has 1 rings (SSSR count). The fourth-order valence-corrected chi connectivity index (χ4v) is 1.90. The summed E-state index contributed by atoms with van der Waals surface area (Å²) in [4.78, 5) is 23.0. The molecule has 0 aromatic heterocycles. The van der Waals surface area contributed by atoms with Gasteiger partial charge in [-0.1, -0.05) is 20.8 Å². The van der Waals surface area contributed by atoms with E-state index in [0.29, 0.717) is 12.2 Å². The first-order valence-corrected chi connectivity index (χ1v) is 7.41. The van der Waals surface area contributed by atoms with Gasteiger partial charge in [-0.15, -0.1) is 0 Å². The Morgan fingerprint density at radius 1 is 1.35 bits per heavy atom. The van der Waals surface area contributed by atoms with Crippen LogP contribution in [0.2, 0.25) is 0 Å². The van der Waals surface area contributed by atoms with Crippen molar-refractivity contribution in [2.75, 3.05) is 11.9 Å². The monoisotopic (exact) mass is 390 g/mol. The molecule has 110 valence electrons. The zero-order valence-corrected chi connectivity index (χ0v) is 13.9. The van der Waals surface area contributed by atoms with Gasteiger partial charge in [0.1, 0.15) is 0 Å². The Labute approximate surface area is 132 Å². The first-order valence-electron chi connectivity index (χ1n) is 6.33. The number of aromatic carboxylic acids is 1. The SMILES string of the molecule is CCC(C)(C)CNC(=O)Nc1ccc(I)cc1C(=O)O. The van der Waals surface area contributed by atoms with E-state index in [1.807, 2.05) is 22.6 Å². The number of carboxylic acids is 1. The summed E-state index contributed by atoms with van der Waals surface area (Å²) in [5, 5.41) is 14.5. The summed E-state index contributed by atoms with van der Waals surface area (Å²) in [6.07, 6.45) is 0.942. The highest BCUT2D eigenvalue weighted by Gasteiger charge is 2.17. The zero-order chi connectivity index (χ0) is 15.3. The second kappa shape index (κ2) is 6.92. The number of anilines is 1. The molecule has 0 spiro atoms. The van der Waals surface area contributed by atoms with Crippen molar-refractivity contribution >= 4 is 40.3 Å². The molecule has 0 heterocycles. The second-order valence-electron chi connectivity index (χ2n) is 5.32. The quantitative estimate of drug-likeness (QED) is 0.673. The molecule has 5 nitrogen and oxygen atoms in total. The van der Waals surface area contributed by atoms with Gasteiger partial charge in [0.15, 0.2) is 0 Å². The van der Waals surface area contributed by atoms with E-state index in [1.165, 1.54) is 6.07 Å². The van der Waals surface area contributed by atoms with Gasteiger partial charge in [0, 0.05) is 10.1 Å². The molecular weight excluding hydrogens is 371 g/mol. The van der Waals surface area contributed by atoms with Crippen LogP contribution in [0.25, 0.3) is 0 Å². The summed E-state index contributed by atoms with van der Waals surface area (Å²) < 4.78 is 0.804. The number of benzene rings is 1. The molecule has 0 aliphatic rings. The molecule has 0 saturated heterocycles. The minimum absolute atomic E-state index is 0.0129. The van der Waals surface area contributed by atoms with Crippen LogP contribution in [0.1, 0.15) is 37.6 Å². The maximum atomic E-state index is 11.8. The first kappa shape index (κ1) is 16.7. The second-order valence-corrected chi connectivity index (χ2v) is 6.57. The van der Waals surface area contributed by atoms with Crippen molar-refractivity contribution < 1.29 is 14.7 Å². The van der Waals surface area contributed by atoms with Crippen molar-refractivity contribution in [3.63, 3.8) is 0 Å². The van der Waals surface area contributed by atoms with Gasteiger partial charge in [-0.25, -0.2) is 9.59 Å². The normalized spacial score (nSPS) is 11.0. The number of rotatable bonds is 5. The van der Waals surface area contributed by atoms with Crippen molar-refractivity contribution in [1.82, 2.24) is 5.32 Å². The third kappa shape index (κ3) is 4.99. The standard InChI is InChI=1S/C14H19IN2O3/c1-4-14(2,3)8-16-13(20)17-11-6-5-9(15)7-10(11)12(18)19/h5-7H,4,8H2,1-3H3,(H,18,19)(H2,16,17,20). The number of halogens is 1. The Kier molecular flexibility index (Phi) is 5.79. The van der Waals surface area contributed by atoms with Crippen molar-refractivity contribution in [3.05, 3.63) is 27.3 Å². The smallest absolute Gasteiger partial charge is 0.337 e. The van der Waals surface area contributed by atoms with Gasteiger partial charge in [0.25, 0.3) is 0 Å². The lowest BCUT2D eigenvalue weighted by molar-refractivity contribution is 0.0698. The number of carbonyl (C=O) groups excluding carboxylic acids is 1. The van der Waals surface area contributed by atoms with Crippen molar-refractivity contribution in [3.8, 4) is 0 Å². The third-order valence-electron chi connectivity index (χ3n) is 3.14. The molecule has 0 unspecified atom stereocenters. The van der Waals surface area contributed by atoms with Gasteiger partial charge in [-0.2, -0.15) is 0 Å². The third-order valence-corrected chi connectivity index (χ3v) is 3.82. The van der Waals surface area contributed by atoms with Crippen LogP contribution in [0.5, 0.6) is 0 Å². The van der Waals surface area contributed by atoms with E-state index in [4.69, 9.17) is 5.11 Å². The summed E-state index contributed by atoms with van der Waals surface area (Å²) in [5.74, 6) is -1.06. The Hall–Kier alpha value is -1.31. The number of carboxylic acid groups (broad SMARTS) is 1. The van der Waals surface area contributed by atoms with Crippen LogP contribution in [-0.2, 0) is 0 Å². The van der Waals surface area contributed by atoms with Crippen molar-refractivity contribution in [1.29, 1.82) is 0 Å². The molecule has 0 radical (unpaired) electrons. The number of nitrogens with one attached hydrogen (secondary N) is 2. The topological polar surface area (TPSA) is 78.4 Å². The molecule has 0 bridgehead atoms. The number of hydrogen-bond acceptors (Lipinski definition) is 2. The maximum Gasteiger partial charge on any atom is 0.337 e. The van der Waals surface area contributed by atoms with Gasteiger partial charge in [0.2, 0.25) is 0 Å². The molecule has 1 aromatic rings. The van der Waals surface area contributed by atoms with E-state index in [2.05, 4.69) is 31.4 Å². The fourth-order valence-electron chi connectivity index (χ4n) is 1.41. The molecule has 3 N–H and O–H groups in total. The summed E-state index contributed by atoms with van der Waals surface area (Å²) in [6.45, 7) is 6.70. The van der Waals surface area contributed by atoms with E-state index in [1.54, 1.807) is 12.1 Å². The van der Waals surface area contributed by atoms with Gasteiger partial charge in [-0.3, -0.25) is 0 Å². The van der Waals surface area contributed by atoms with Crippen molar-refractivity contribution in [2.24, 2.45) is 5.41 Å². The number of carbonyl (C=O) groups is 2. The fraction of sp³-hybridized carbons (Fsp3) is 0.429. The number of urea groups is 1. The van der Waals surface area contributed by atoms with Crippen LogP contribution in [0.4, 0.5) is 10.5 Å². The molecule has 6 heteroatoms. The molecule has 0 aliphatic heterocycles. The Morgan fingerprint density at radius 2 is 2.00 bits per heavy atom. The molecule has 0 aliphatic carbocycles. The van der Waals surface area contributed by atoms with Gasteiger partial charge < -0.3 is 15.7 Å². The largest absolute Gasteiger partial charge is 0.478 e. The van der Waals surface area contributed by atoms with Gasteiger partial charge in [0.05, 0.1) is 11.3 Å². The Morgan fingerprint density at radius 3 is 2.55 bits per heavy atom. The average Bonchev–Trinajstić information content (AvgIpc) is 2.38. The van der Waals surface area contributed by atoms with Crippen molar-refractivity contribution in [2.45, 2.75) is 27.2 Å². The molecule has 0 fully saturated rings. The van der Waals surface area contributed by atoms with Gasteiger partial charge in [-0.05, 0) is 52.6 Å². The highest BCUT2D eigenvalue weighted by atomic mass is 127. The van der Waals surface area contributed by atoms with Crippen LogP contribution in [0.15, 0.2) is 18.2 Å². The number of amides is 2. The van der Waals surface area contributed by atoms with Crippen LogP contribution in [-0.4, -0.2) is 23.7 Å². The molecule has 20 heavy (non-hydrogen) atoms. The average molecular weight is 390 g/mol. The molecule has 2 amide bonds. The highest BCUT2D eigenvalue weighted by molar-refractivity contribution is 14.1. The van der Waals surface area contributed by atoms with E-state index in [0.717, 1.165) is 9.99 Å². The summed E-state index contributed by atoms with van der Waals surface area (Å²) in [5.41, 5.74) is 0.394. The van der Waals surface area contributed by atoms with E-state index in [9.17, 15) is 9.59 Å². The Bertz CT molecular complexity index is 515. The van der Waals surface area contributed by atoms with E-state index < -0.39 is 12.0 Å². The van der Waals surface area contributed by atoms with Crippen LogP contribution in [0.3, 0.4) is 0 Å². The predicted molar refractivity (Wildman–Crippen MR) is 87.2 cm³/mol. The minimum Gasteiger partial charge on any atom is -0.478 e. The highest BCUT2D eigenvalue weighted by Crippen LogP contribution is 2.20. The summed E-state index contributed by atoms with van der Waals surface area (Å²) >= 11 is 2.03. The van der Waals surface area contributed by atoms with E-state index in [-0.39, 0.29) is 11.0 Å². The lowest BCUT2D eigenvalue weighted by atomic mass is 9.90. The van der Waals surface area contributed by atoms with Gasteiger partial charge >= 0.3 is 12.0 Å². The molecular formula is C14H19IN2O3. The lowest BCUT2D eigenvalue weighted by Crippen LogP contribution is -2.36. The summed E-state index contributed by atoms with van der Waals surface area (Å²) in [7, 11) is 0. The van der Waals surface area contributed by atoms with E-state index >= 15 is 0 Å². The van der Waals surface area contributed by atoms with Crippen LogP contribution < -0.4 is 10.6 Å². The molecule has 0 saturated carbocycles.